The third-order valence-corrected chi connectivity index (χ3v) is 8.19. The summed E-state index contributed by atoms with van der Waals surface area (Å²) < 4.78 is 7.33. The van der Waals surface area contributed by atoms with Gasteiger partial charge in [0.15, 0.2) is 5.16 Å². The molecular weight excluding hydrogens is 444 g/mol. The largest absolute Gasteiger partial charge is 0.462 e. The number of fused-ring (bicyclic) bond motifs is 1. The van der Waals surface area contributed by atoms with Gasteiger partial charge in [-0.15, -0.1) is 28.1 Å². The second-order valence-corrected chi connectivity index (χ2v) is 10.2. The van der Waals surface area contributed by atoms with Gasteiger partial charge >= 0.3 is 5.97 Å². The molecule has 9 heteroatoms. The first-order valence-corrected chi connectivity index (χ1v) is 13.2. The number of hydrogen-bond donors (Lipinski definition) is 1. The minimum absolute atomic E-state index is 0.159. The van der Waals surface area contributed by atoms with Gasteiger partial charge in [0.25, 0.3) is 0 Å². The normalized spacial score (nSPS) is 16.0. The lowest BCUT2D eigenvalue weighted by Crippen LogP contribution is -2.17. The predicted molar refractivity (Wildman–Crippen MR) is 128 cm³/mol. The van der Waals surface area contributed by atoms with Gasteiger partial charge in [-0.05, 0) is 44.6 Å². The minimum Gasteiger partial charge on any atom is -0.462 e. The highest BCUT2D eigenvalue weighted by Crippen LogP contribution is 2.40. The zero-order valence-corrected chi connectivity index (χ0v) is 20.2. The molecule has 172 valence electrons. The van der Waals surface area contributed by atoms with E-state index in [0.29, 0.717) is 29.6 Å². The Kier molecular flexibility index (Phi) is 7.67. The number of carbonyl (C=O) groups excluding carboxylic acids is 2. The van der Waals surface area contributed by atoms with E-state index in [2.05, 4.69) is 26.7 Å². The molecule has 2 aromatic rings. The average Bonchev–Trinajstić information content (AvgIpc) is 3.48. The Labute approximate surface area is 197 Å². The monoisotopic (exact) mass is 474 g/mol. The van der Waals surface area contributed by atoms with E-state index in [4.69, 9.17) is 4.74 Å². The lowest BCUT2D eigenvalue weighted by Gasteiger charge is -2.21. The molecule has 32 heavy (non-hydrogen) atoms. The highest BCUT2D eigenvalue weighted by atomic mass is 32.2. The molecule has 1 N–H and O–H groups in total. The van der Waals surface area contributed by atoms with Gasteiger partial charge in [-0.2, -0.15) is 0 Å². The van der Waals surface area contributed by atoms with Gasteiger partial charge in [0.05, 0.1) is 17.9 Å². The molecule has 1 fully saturated rings. The lowest BCUT2D eigenvalue weighted by atomic mass is 9.89. The third-order valence-electron chi connectivity index (χ3n) is 6.01. The molecular formula is C23H30N4O3S2. The second-order valence-electron chi connectivity index (χ2n) is 8.19. The Morgan fingerprint density at radius 2 is 2.06 bits per heavy atom. The van der Waals surface area contributed by atoms with E-state index in [-0.39, 0.29) is 17.6 Å². The summed E-state index contributed by atoms with van der Waals surface area (Å²) in [6.45, 7) is 6.61. The minimum atomic E-state index is -0.349. The zero-order valence-electron chi connectivity index (χ0n) is 18.5. The fourth-order valence-electron chi connectivity index (χ4n) is 4.57. The van der Waals surface area contributed by atoms with Crippen molar-refractivity contribution in [3.05, 3.63) is 34.5 Å². The van der Waals surface area contributed by atoms with Crippen LogP contribution < -0.4 is 5.32 Å². The van der Waals surface area contributed by atoms with Crippen LogP contribution in [-0.2, 0) is 28.9 Å². The van der Waals surface area contributed by atoms with Gasteiger partial charge in [-0.25, -0.2) is 4.79 Å². The number of ether oxygens (including phenoxy) is 1. The van der Waals surface area contributed by atoms with Crippen LogP contribution in [0.4, 0.5) is 5.00 Å². The van der Waals surface area contributed by atoms with Crippen molar-refractivity contribution >= 4 is 40.0 Å². The fraction of sp³-hybridized carbons (Fsp3) is 0.565. The number of aryl methyl sites for hydroxylation is 1. The van der Waals surface area contributed by atoms with Crippen LogP contribution >= 0.6 is 23.1 Å². The number of rotatable bonds is 9. The highest BCUT2D eigenvalue weighted by Gasteiger charge is 2.28. The maximum absolute atomic E-state index is 12.8. The fourth-order valence-corrected chi connectivity index (χ4v) is 6.62. The average molecular weight is 475 g/mol. The lowest BCUT2D eigenvalue weighted by molar-refractivity contribution is -0.113. The molecule has 0 aliphatic heterocycles. The molecule has 0 unspecified atom stereocenters. The Balaban J connectivity index is 1.44. The summed E-state index contributed by atoms with van der Waals surface area (Å²) in [6, 6.07) is 0. The number of nitrogens with zero attached hydrogens (tertiary/aromatic N) is 3. The molecule has 1 saturated carbocycles. The van der Waals surface area contributed by atoms with Gasteiger partial charge < -0.3 is 14.6 Å². The molecule has 1 amide bonds. The number of carbonyl (C=O) groups is 2. The van der Waals surface area contributed by atoms with Crippen molar-refractivity contribution in [3.8, 4) is 0 Å². The molecule has 0 atom stereocenters. The number of amides is 1. The van der Waals surface area contributed by atoms with Gasteiger partial charge in [0.1, 0.15) is 10.8 Å². The van der Waals surface area contributed by atoms with E-state index >= 15 is 0 Å². The van der Waals surface area contributed by atoms with Crippen LogP contribution in [0.2, 0.25) is 0 Å². The molecule has 0 radical (unpaired) electrons. The Bertz CT molecular complexity index is 992. The molecule has 0 bridgehead atoms. The van der Waals surface area contributed by atoms with E-state index < -0.39 is 0 Å². The summed E-state index contributed by atoms with van der Waals surface area (Å²) in [4.78, 5) is 26.5. The first-order chi connectivity index (χ1) is 15.6. The van der Waals surface area contributed by atoms with Crippen molar-refractivity contribution in [1.29, 1.82) is 0 Å². The first kappa shape index (κ1) is 23.0. The van der Waals surface area contributed by atoms with Gasteiger partial charge in [0, 0.05) is 17.3 Å². The standard InChI is InChI=1S/C23H30N4O3S2/c1-3-13-27-20(15-9-6-5-7-10-15)25-26-23(27)31-14-18(28)24-21-19(22(29)30-4-2)16-11-8-12-17(16)32-21/h3,15H,1,4-14H2,2H3,(H,24,28). The van der Waals surface area contributed by atoms with Crippen LogP contribution in [0.3, 0.4) is 0 Å². The predicted octanol–water partition coefficient (Wildman–Crippen LogP) is 4.97. The van der Waals surface area contributed by atoms with Crippen molar-refractivity contribution in [3.63, 3.8) is 0 Å². The summed E-state index contributed by atoms with van der Waals surface area (Å²) in [5.74, 6) is 1.13. The smallest absolute Gasteiger partial charge is 0.341 e. The van der Waals surface area contributed by atoms with E-state index in [0.717, 1.165) is 48.6 Å². The summed E-state index contributed by atoms with van der Waals surface area (Å²) in [5.41, 5.74) is 1.58. The van der Waals surface area contributed by atoms with Crippen molar-refractivity contribution in [2.24, 2.45) is 0 Å². The van der Waals surface area contributed by atoms with Crippen LogP contribution in [0.1, 0.15) is 78.0 Å². The molecule has 2 aliphatic rings. The molecule has 2 heterocycles. The number of allylic oxidation sites excluding steroid dienone is 1. The van der Waals surface area contributed by atoms with E-state index in [1.165, 1.54) is 47.2 Å². The molecule has 2 aromatic heterocycles. The maximum Gasteiger partial charge on any atom is 0.341 e. The summed E-state index contributed by atoms with van der Waals surface area (Å²) in [7, 11) is 0. The SMILES string of the molecule is C=CCn1c(SCC(=O)Nc2sc3c(c2C(=O)OCC)CCC3)nnc1C1CCCCC1. The Hall–Kier alpha value is -2.13. The first-order valence-electron chi connectivity index (χ1n) is 11.4. The van der Waals surface area contributed by atoms with Crippen LogP contribution in [0.25, 0.3) is 0 Å². The van der Waals surface area contributed by atoms with Crippen LogP contribution in [0.5, 0.6) is 0 Å². The van der Waals surface area contributed by atoms with Crippen LogP contribution in [-0.4, -0.2) is 39.0 Å². The van der Waals surface area contributed by atoms with Crippen LogP contribution in [0.15, 0.2) is 17.8 Å². The topological polar surface area (TPSA) is 86.1 Å². The highest BCUT2D eigenvalue weighted by molar-refractivity contribution is 7.99. The number of thioether (sulfide) groups is 1. The van der Waals surface area contributed by atoms with E-state index in [1.807, 2.05) is 6.08 Å². The summed E-state index contributed by atoms with van der Waals surface area (Å²) >= 11 is 2.87. The summed E-state index contributed by atoms with van der Waals surface area (Å²) in [6.07, 6.45) is 10.7. The Morgan fingerprint density at radius 3 is 2.81 bits per heavy atom. The third kappa shape index (κ3) is 4.93. The molecule has 4 rings (SSSR count). The van der Waals surface area contributed by atoms with Crippen molar-refractivity contribution in [2.45, 2.75) is 75.9 Å². The van der Waals surface area contributed by atoms with Gasteiger partial charge in [0.2, 0.25) is 5.91 Å². The maximum atomic E-state index is 12.8. The van der Waals surface area contributed by atoms with E-state index in [1.54, 1.807) is 6.92 Å². The van der Waals surface area contributed by atoms with Crippen LogP contribution in [0, 0.1) is 0 Å². The van der Waals surface area contributed by atoms with Crippen molar-refractivity contribution in [1.82, 2.24) is 14.8 Å². The van der Waals surface area contributed by atoms with Crippen molar-refractivity contribution < 1.29 is 14.3 Å². The second kappa shape index (κ2) is 10.7. The molecule has 0 aromatic carbocycles. The number of hydrogen-bond acceptors (Lipinski definition) is 7. The summed E-state index contributed by atoms with van der Waals surface area (Å²) in [5, 5.41) is 13.1. The Morgan fingerprint density at radius 1 is 1.25 bits per heavy atom. The molecule has 2 aliphatic carbocycles. The van der Waals surface area contributed by atoms with E-state index in [9.17, 15) is 9.59 Å². The molecule has 0 spiro atoms. The van der Waals surface area contributed by atoms with Gasteiger partial charge in [-0.3, -0.25) is 4.79 Å². The number of esters is 1. The number of nitrogens with one attached hydrogen (secondary N) is 1. The number of anilines is 1. The number of aromatic nitrogens is 3. The van der Waals surface area contributed by atoms with Crippen molar-refractivity contribution in [2.75, 3.05) is 17.7 Å². The molecule has 7 nitrogen and oxygen atoms in total. The quantitative estimate of drug-likeness (QED) is 0.314. The zero-order chi connectivity index (χ0) is 22.5. The number of thiophene rings is 1. The van der Waals surface area contributed by atoms with Gasteiger partial charge in [-0.1, -0.05) is 37.1 Å². The molecule has 0 saturated heterocycles.